The molecular weight excluding hydrogens is 252 g/mol. The molecule has 0 unspecified atom stereocenters. The Kier molecular flexibility index (Phi) is 12.4. The monoisotopic (exact) mass is 282 g/mol. The highest BCUT2D eigenvalue weighted by atomic mass is 16.1. The van der Waals surface area contributed by atoms with E-state index in [4.69, 9.17) is 0 Å². The van der Waals surface area contributed by atoms with Crippen LogP contribution >= 0.6 is 0 Å². The highest BCUT2D eigenvalue weighted by molar-refractivity contribution is 5.89. The first-order valence-corrected chi connectivity index (χ1v) is 8.15. The van der Waals surface area contributed by atoms with E-state index >= 15 is 0 Å². The molecule has 0 N–H and O–H groups in total. The van der Waals surface area contributed by atoms with Gasteiger partial charge >= 0.3 is 0 Å². The molecule has 0 rings (SSSR count). The Hall–Kier alpha value is -0.990. The maximum atomic E-state index is 11.6. The minimum atomic E-state index is 0.0534. The Bertz CT molecular complexity index is 267. The van der Waals surface area contributed by atoms with E-state index in [0.29, 0.717) is 38.5 Å². The van der Waals surface area contributed by atoms with Gasteiger partial charge in [-0.1, -0.05) is 39.5 Å². The Morgan fingerprint density at radius 2 is 0.800 bits per heavy atom. The summed E-state index contributed by atoms with van der Waals surface area (Å²) in [6.45, 7) is 4.21. The molecule has 0 aliphatic heterocycles. The van der Waals surface area contributed by atoms with Gasteiger partial charge in [-0.05, 0) is 12.8 Å². The average molecular weight is 282 g/mol. The van der Waals surface area contributed by atoms with Crippen LogP contribution < -0.4 is 0 Å². The van der Waals surface area contributed by atoms with Gasteiger partial charge in [0.1, 0.15) is 17.3 Å². The first-order chi connectivity index (χ1) is 9.60. The zero-order valence-corrected chi connectivity index (χ0v) is 13.2. The highest BCUT2D eigenvalue weighted by Crippen LogP contribution is 2.08. The number of carbonyl (C=O) groups excluding carboxylic acids is 3. The fourth-order valence-corrected chi connectivity index (χ4v) is 2.08. The van der Waals surface area contributed by atoms with E-state index in [2.05, 4.69) is 13.8 Å². The zero-order valence-electron chi connectivity index (χ0n) is 13.2. The van der Waals surface area contributed by atoms with Crippen molar-refractivity contribution in [1.29, 1.82) is 0 Å². The second kappa shape index (κ2) is 13.0. The molecule has 0 radical (unpaired) electrons. The van der Waals surface area contributed by atoms with Gasteiger partial charge < -0.3 is 0 Å². The number of ketones is 3. The molecule has 116 valence electrons. The third-order valence-corrected chi connectivity index (χ3v) is 3.48. The quantitative estimate of drug-likeness (QED) is 0.443. The van der Waals surface area contributed by atoms with E-state index in [1.54, 1.807) is 0 Å². The van der Waals surface area contributed by atoms with Crippen LogP contribution in [0.5, 0.6) is 0 Å². The SMILES string of the molecule is CCCCCC(=O)CCC(=O)CCC(=O)CCCCC. The van der Waals surface area contributed by atoms with Crippen LogP contribution in [0.4, 0.5) is 0 Å². The molecular formula is C17H30O3. The summed E-state index contributed by atoms with van der Waals surface area (Å²) >= 11 is 0. The highest BCUT2D eigenvalue weighted by Gasteiger charge is 2.09. The number of unbranched alkanes of at least 4 members (excludes halogenated alkanes) is 4. The van der Waals surface area contributed by atoms with Gasteiger partial charge in [0.25, 0.3) is 0 Å². The Balaban J connectivity index is 3.57. The molecule has 0 heterocycles. The van der Waals surface area contributed by atoms with Gasteiger partial charge in [0.2, 0.25) is 0 Å². The molecule has 0 saturated heterocycles. The molecule has 0 aliphatic carbocycles. The number of hydrogen-bond donors (Lipinski definition) is 0. The number of carbonyl (C=O) groups is 3. The van der Waals surface area contributed by atoms with E-state index in [-0.39, 0.29) is 17.3 Å². The summed E-state index contributed by atoms with van der Waals surface area (Å²) in [6, 6.07) is 0. The summed E-state index contributed by atoms with van der Waals surface area (Å²) < 4.78 is 0. The minimum absolute atomic E-state index is 0.0534. The van der Waals surface area contributed by atoms with Crippen LogP contribution in [-0.4, -0.2) is 17.3 Å². The van der Waals surface area contributed by atoms with E-state index in [1.165, 1.54) is 0 Å². The van der Waals surface area contributed by atoms with Gasteiger partial charge in [-0.15, -0.1) is 0 Å². The molecule has 0 atom stereocenters. The maximum absolute atomic E-state index is 11.6. The van der Waals surface area contributed by atoms with Gasteiger partial charge in [-0.25, -0.2) is 0 Å². The first-order valence-electron chi connectivity index (χ1n) is 8.15. The lowest BCUT2D eigenvalue weighted by molar-refractivity contribution is -0.126. The van der Waals surface area contributed by atoms with Crippen LogP contribution in [0.2, 0.25) is 0 Å². The lowest BCUT2D eigenvalue weighted by Gasteiger charge is -2.02. The van der Waals surface area contributed by atoms with Gasteiger partial charge in [0.05, 0.1) is 0 Å². The summed E-state index contributed by atoms with van der Waals surface area (Å²) in [7, 11) is 0. The van der Waals surface area contributed by atoms with E-state index < -0.39 is 0 Å². The maximum Gasteiger partial charge on any atom is 0.133 e. The molecule has 0 aliphatic rings. The summed E-state index contributed by atoms with van der Waals surface area (Å²) in [4.78, 5) is 34.6. The van der Waals surface area contributed by atoms with E-state index in [1.807, 2.05) is 0 Å². The molecule has 0 bridgehead atoms. The Labute approximate surface area is 123 Å². The summed E-state index contributed by atoms with van der Waals surface area (Å²) in [5, 5.41) is 0. The van der Waals surface area contributed by atoms with Gasteiger partial charge in [-0.3, -0.25) is 14.4 Å². The van der Waals surface area contributed by atoms with Crippen molar-refractivity contribution in [3.05, 3.63) is 0 Å². The molecule has 0 aromatic heterocycles. The van der Waals surface area contributed by atoms with Crippen molar-refractivity contribution in [3.8, 4) is 0 Å². The normalized spacial score (nSPS) is 10.5. The van der Waals surface area contributed by atoms with Crippen LogP contribution in [0, 0.1) is 0 Å². The molecule has 3 nitrogen and oxygen atoms in total. The molecule has 0 aromatic rings. The number of Topliss-reactive ketones (excluding diaryl/α,β-unsaturated/α-hetero) is 3. The van der Waals surface area contributed by atoms with Crippen LogP contribution in [-0.2, 0) is 14.4 Å². The van der Waals surface area contributed by atoms with Crippen LogP contribution in [0.1, 0.15) is 90.9 Å². The molecule has 0 amide bonds. The zero-order chi connectivity index (χ0) is 15.2. The smallest absolute Gasteiger partial charge is 0.133 e. The van der Waals surface area contributed by atoms with Crippen molar-refractivity contribution >= 4 is 17.3 Å². The van der Waals surface area contributed by atoms with Gasteiger partial charge in [0.15, 0.2) is 0 Å². The van der Waals surface area contributed by atoms with Crippen molar-refractivity contribution in [2.75, 3.05) is 0 Å². The Morgan fingerprint density at radius 3 is 1.10 bits per heavy atom. The second-order valence-corrected chi connectivity index (χ2v) is 5.53. The summed E-state index contributed by atoms with van der Waals surface area (Å²) in [6.07, 6.45) is 8.74. The molecule has 0 fully saturated rings. The second-order valence-electron chi connectivity index (χ2n) is 5.53. The predicted octanol–water partition coefficient (Wildman–Crippen LogP) is 4.41. The average Bonchev–Trinajstić information content (AvgIpc) is 2.43. The molecule has 3 heteroatoms. The first kappa shape index (κ1) is 19.0. The minimum Gasteiger partial charge on any atom is -0.300 e. The van der Waals surface area contributed by atoms with E-state index in [9.17, 15) is 14.4 Å². The third kappa shape index (κ3) is 12.1. The molecule has 0 aromatic carbocycles. The van der Waals surface area contributed by atoms with Crippen molar-refractivity contribution in [1.82, 2.24) is 0 Å². The van der Waals surface area contributed by atoms with Gasteiger partial charge in [-0.2, -0.15) is 0 Å². The fraction of sp³-hybridized carbons (Fsp3) is 0.824. The molecule has 0 saturated carbocycles. The predicted molar refractivity (Wildman–Crippen MR) is 81.8 cm³/mol. The largest absolute Gasteiger partial charge is 0.300 e. The molecule has 20 heavy (non-hydrogen) atoms. The fourth-order valence-electron chi connectivity index (χ4n) is 2.08. The van der Waals surface area contributed by atoms with E-state index in [0.717, 1.165) is 38.5 Å². The topological polar surface area (TPSA) is 51.2 Å². The Morgan fingerprint density at radius 1 is 0.500 bits per heavy atom. The lowest BCUT2D eigenvalue weighted by Crippen LogP contribution is -2.07. The van der Waals surface area contributed by atoms with Crippen LogP contribution in [0.25, 0.3) is 0 Å². The molecule has 0 spiro atoms. The lowest BCUT2D eigenvalue weighted by atomic mass is 10.0. The summed E-state index contributed by atoms with van der Waals surface area (Å²) in [5.74, 6) is 0.417. The van der Waals surface area contributed by atoms with Gasteiger partial charge in [0, 0.05) is 38.5 Å². The number of hydrogen-bond acceptors (Lipinski definition) is 3. The van der Waals surface area contributed by atoms with Crippen LogP contribution in [0.15, 0.2) is 0 Å². The standard InChI is InChI=1S/C17H30O3/c1-3-5-7-9-15(18)11-13-17(20)14-12-16(19)10-8-6-4-2/h3-14H2,1-2H3. The van der Waals surface area contributed by atoms with Crippen molar-refractivity contribution < 1.29 is 14.4 Å². The number of rotatable bonds is 14. The third-order valence-electron chi connectivity index (χ3n) is 3.48. The van der Waals surface area contributed by atoms with Crippen molar-refractivity contribution in [2.45, 2.75) is 90.9 Å². The van der Waals surface area contributed by atoms with Crippen molar-refractivity contribution in [3.63, 3.8) is 0 Å². The summed E-state index contributed by atoms with van der Waals surface area (Å²) in [5.41, 5.74) is 0. The van der Waals surface area contributed by atoms with Crippen LogP contribution in [0.3, 0.4) is 0 Å². The van der Waals surface area contributed by atoms with Crippen molar-refractivity contribution in [2.24, 2.45) is 0 Å².